The van der Waals surface area contributed by atoms with Gasteiger partial charge in [0.2, 0.25) is 5.91 Å². The molecule has 46 heavy (non-hydrogen) atoms. The summed E-state index contributed by atoms with van der Waals surface area (Å²) in [6.45, 7) is 2.17. The molecule has 0 spiro atoms. The van der Waals surface area contributed by atoms with Crippen molar-refractivity contribution in [2.24, 2.45) is 0 Å². The lowest BCUT2D eigenvalue weighted by Crippen LogP contribution is -2.55. The SMILES string of the molecule is O=C1CCC(N2Cc3cc(OCCOCCNc4cc(-c5ccc(-c6cn7ccccc7n6)nc5)ccn4)ccc3C2=O)C(O)N1. The lowest BCUT2D eigenvalue weighted by molar-refractivity contribution is -0.129. The summed E-state index contributed by atoms with van der Waals surface area (Å²) in [5, 5.41) is 16.1. The molecule has 2 amide bonds. The van der Waals surface area contributed by atoms with Gasteiger partial charge in [-0.05, 0) is 66.1 Å². The van der Waals surface area contributed by atoms with Crippen molar-refractivity contribution >= 4 is 23.3 Å². The van der Waals surface area contributed by atoms with Gasteiger partial charge in [0.15, 0.2) is 0 Å². The smallest absolute Gasteiger partial charge is 0.254 e. The largest absolute Gasteiger partial charge is 0.491 e. The van der Waals surface area contributed by atoms with Gasteiger partial charge in [-0.1, -0.05) is 12.1 Å². The van der Waals surface area contributed by atoms with Crippen LogP contribution in [0.15, 0.2) is 85.5 Å². The number of hydrogen-bond donors (Lipinski definition) is 3. The summed E-state index contributed by atoms with van der Waals surface area (Å²) >= 11 is 0. The lowest BCUT2D eigenvalue weighted by Gasteiger charge is -2.35. The van der Waals surface area contributed by atoms with Crippen LogP contribution in [0, 0.1) is 0 Å². The highest BCUT2D eigenvalue weighted by atomic mass is 16.5. The minimum Gasteiger partial charge on any atom is -0.491 e. The number of aromatic nitrogens is 4. The molecule has 1 aromatic carbocycles. The molecule has 2 atom stereocenters. The monoisotopic (exact) mass is 619 g/mol. The van der Waals surface area contributed by atoms with E-state index in [1.807, 2.05) is 71.5 Å². The van der Waals surface area contributed by atoms with E-state index in [0.29, 0.717) is 50.6 Å². The number of aliphatic hydroxyl groups excluding tert-OH is 1. The molecule has 0 saturated carbocycles. The van der Waals surface area contributed by atoms with Gasteiger partial charge in [0, 0.05) is 55.4 Å². The first-order valence-corrected chi connectivity index (χ1v) is 15.2. The highest BCUT2D eigenvalue weighted by Crippen LogP contribution is 2.31. The Balaban J connectivity index is 0.847. The van der Waals surface area contributed by atoms with Crippen molar-refractivity contribution < 1.29 is 24.2 Å². The number of nitrogens with one attached hydrogen (secondary N) is 2. The maximum absolute atomic E-state index is 12.9. The summed E-state index contributed by atoms with van der Waals surface area (Å²) < 4.78 is 13.6. The minimum absolute atomic E-state index is 0.147. The van der Waals surface area contributed by atoms with Crippen LogP contribution in [-0.4, -0.2) is 79.8 Å². The van der Waals surface area contributed by atoms with Crippen LogP contribution in [0.5, 0.6) is 5.75 Å². The fraction of sp³-hybridized carbons (Fsp3) is 0.265. The van der Waals surface area contributed by atoms with Gasteiger partial charge in [0.25, 0.3) is 5.91 Å². The number of fused-ring (bicyclic) bond motifs is 2. The summed E-state index contributed by atoms with van der Waals surface area (Å²) in [5.74, 6) is 1.04. The Morgan fingerprint density at radius 2 is 1.91 bits per heavy atom. The van der Waals surface area contributed by atoms with Crippen molar-refractivity contribution in [2.45, 2.75) is 31.7 Å². The van der Waals surface area contributed by atoms with Crippen LogP contribution >= 0.6 is 0 Å². The van der Waals surface area contributed by atoms with Gasteiger partial charge in [-0.25, -0.2) is 9.97 Å². The molecule has 6 heterocycles. The lowest BCUT2D eigenvalue weighted by atomic mass is 10.0. The number of carbonyl (C=O) groups excluding carboxylic acids is 2. The summed E-state index contributed by atoms with van der Waals surface area (Å²) in [4.78, 5) is 39.8. The summed E-state index contributed by atoms with van der Waals surface area (Å²) in [6.07, 6.45) is 7.20. The molecular weight excluding hydrogens is 586 g/mol. The molecule has 2 aliphatic heterocycles. The van der Waals surface area contributed by atoms with Crippen LogP contribution in [0.4, 0.5) is 5.82 Å². The average molecular weight is 620 g/mol. The number of carbonyl (C=O) groups is 2. The number of anilines is 1. The molecule has 1 saturated heterocycles. The van der Waals surface area contributed by atoms with Crippen molar-refractivity contribution in [1.29, 1.82) is 0 Å². The van der Waals surface area contributed by atoms with Crippen LogP contribution in [0.25, 0.3) is 28.2 Å². The zero-order chi connectivity index (χ0) is 31.5. The zero-order valence-corrected chi connectivity index (χ0v) is 25.0. The van der Waals surface area contributed by atoms with Crippen molar-refractivity contribution in [3.05, 3.63) is 96.6 Å². The number of piperidine rings is 1. The molecule has 12 nitrogen and oxygen atoms in total. The number of ether oxygens (including phenoxy) is 2. The number of imidazole rings is 1. The number of rotatable bonds is 11. The van der Waals surface area contributed by atoms with Gasteiger partial charge in [-0.3, -0.25) is 14.6 Å². The number of pyridine rings is 3. The number of benzene rings is 1. The number of aliphatic hydroxyl groups is 1. The highest BCUT2D eigenvalue weighted by molar-refractivity contribution is 5.99. The first kappa shape index (κ1) is 29.4. The topological polar surface area (TPSA) is 143 Å². The second kappa shape index (κ2) is 13.0. The quantitative estimate of drug-likeness (QED) is 0.189. The predicted octanol–water partition coefficient (Wildman–Crippen LogP) is 3.52. The van der Waals surface area contributed by atoms with E-state index < -0.39 is 12.3 Å². The van der Waals surface area contributed by atoms with E-state index in [0.717, 1.165) is 39.5 Å². The summed E-state index contributed by atoms with van der Waals surface area (Å²) in [6, 6.07) is 18.8. The van der Waals surface area contributed by atoms with Crippen molar-refractivity contribution in [3.8, 4) is 28.3 Å². The molecule has 2 aliphatic rings. The summed E-state index contributed by atoms with van der Waals surface area (Å²) in [5.41, 5.74) is 5.93. The van der Waals surface area contributed by atoms with Crippen molar-refractivity contribution in [1.82, 2.24) is 29.6 Å². The number of amides is 2. The molecular formula is C34H33N7O5. The van der Waals surface area contributed by atoms with Gasteiger partial charge in [-0.2, -0.15) is 0 Å². The third-order valence-corrected chi connectivity index (χ3v) is 8.18. The van der Waals surface area contributed by atoms with Crippen molar-refractivity contribution in [2.75, 3.05) is 31.7 Å². The van der Waals surface area contributed by atoms with E-state index in [-0.39, 0.29) is 18.2 Å². The molecule has 0 radical (unpaired) electrons. The Kier molecular flexibility index (Phi) is 8.28. The molecule has 7 rings (SSSR count). The van der Waals surface area contributed by atoms with E-state index in [2.05, 4.69) is 25.6 Å². The normalized spacial score (nSPS) is 17.6. The maximum Gasteiger partial charge on any atom is 0.254 e. The number of nitrogens with zero attached hydrogens (tertiary/aromatic N) is 5. The minimum atomic E-state index is -1.06. The van der Waals surface area contributed by atoms with Gasteiger partial charge in [0.05, 0.1) is 24.9 Å². The Morgan fingerprint density at radius 3 is 2.76 bits per heavy atom. The second-order valence-electron chi connectivity index (χ2n) is 11.2. The zero-order valence-electron chi connectivity index (χ0n) is 25.0. The van der Waals surface area contributed by atoms with Gasteiger partial charge in [-0.15, -0.1) is 0 Å². The fourth-order valence-corrected chi connectivity index (χ4v) is 5.83. The molecule has 4 aromatic heterocycles. The van der Waals surface area contributed by atoms with E-state index in [4.69, 9.17) is 9.47 Å². The molecule has 12 heteroatoms. The average Bonchev–Trinajstić information content (AvgIpc) is 3.65. The van der Waals surface area contributed by atoms with Crippen LogP contribution < -0.4 is 15.4 Å². The standard InChI is InChI=1S/C34H33N7O5/c42-32-9-8-29(33(43)39-32)41-20-24-17-25(5-6-26(24)34(41)44)46-16-15-45-14-12-36-30-18-22(10-11-35-30)23-4-7-27(37-19-23)28-21-40-13-2-1-3-31(40)38-28/h1-7,10-11,13,17-19,21,29,33,43H,8-9,12,14-16,20H2,(H,35,36)(H,39,42). The Bertz CT molecular complexity index is 1840. The second-order valence-corrected chi connectivity index (χ2v) is 11.2. The first-order chi connectivity index (χ1) is 22.5. The first-order valence-electron chi connectivity index (χ1n) is 15.2. The molecule has 0 bridgehead atoms. The Labute approximate surface area is 265 Å². The molecule has 5 aromatic rings. The van der Waals surface area contributed by atoms with Crippen molar-refractivity contribution in [3.63, 3.8) is 0 Å². The number of hydrogen-bond acceptors (Lipinski definition) is 9. The van der Waals surface area contributed by atoms with Gasteiger partial charge >= 0.3 is 0 Å². The molecule has 0 aliphatic carbocycles. The van der Waals surface area contributed by atoms with E-state index >= 15 is 0 Å². The molecule has 234 valence electrons. The molecule has 2 unspecified atom stereocenters. The van der Waals surface area contributed by atoms with E-state index in [9.17, 15) is 14.7 Å². The van der Waals surface area contributed by atoms with E-state index in [1.165, 1.54) is 0 Å². The molecule has 3 N–H and O–H groups in total. The highest BCUT2D eigenvalue weighted by Gasteiger charge is 2.39. The fourth-order valence-electron chi connectivity index (χ4n) is 5.83. The van der Waals surface area contributed by atoms with Gasteiger partial charge in [0.1, 0.15) is 35.7 Å². The molecule has 1 fully saturated rings. The maximum atomic E-state index is 12.9. The predicted molar refractivity (Wildman–Crippen MR) is 170 cm³/mol. The Morgan fingerprint density at radius 1 is 0.978 bits per heavy atom. The Hall–Kier alpha value is -5.33. The van der Waals surface area contributed by atoms with Crippen LogP contribution in [-0.2, 0) is 16.1 Å². The van der Waals surface area contributed by atoms with Crippen LogP contribution in [0.1, 0.15) is 28.8 Å². The third-order valence-electron chi connectivity index (χ3n) is 8.18. The third kappa shape index (κ3) is 6.25. The van der Waals surface area contributed by atoms with Gasteiger partial charge < -0.3 is 34.5 Å². The van der Waals surface area contributed by atoms with E-state index in [1.54, 1.807) is 23.2 Å². The van der Waals surface area contributed by atoms with Crippen LogP contribution in [0.3, 0.4) is 0 Å². The van der Waals surface area contributed by atoms with Crippen LogP contribution in [0.2, 0.25) is 0 Å². The summed E-state index contributed by atoms with van der Waals surface area (Å²) in [7, 11) is 0.